The molecule has 3 rings (SSSR count). The van der Waals surface area contributed by atoms with Crippen LogP contribution in [0.2, 0.25) is 0 Å². The lowest BCUT2D eigenvalue weighted by molar-refractivity contribution is 0.0973. The van der Waals surface area contributed by atoms with Crippen LogP contribution >= 0.6 is 0 Å². The van der Waals surface area contributed by atoms with Gasteiger partial charge in [0.2, 0.25) is 5.78 Å². The van der Waals surface area contributed by atoms with Crippen molar-refractivity contribution in [2.24, 2.45) is 0 Å². The van der Waals surface area contributed by atoms with Gasteiger partial charge in [-0.2, -0.15) is 0 Å². The number of carbonyl (C=O) groups excluding carboxylic acids is 2. The molecule has 0 atom stereocenters. The number of allylic oxidation sites excluding steroid dienone is 3. The van der Waals surface area contributed by atoms with E-state index < -0.39 is 0 Å². The number of hydrogen-bond acceptors (Lipinski definition) is 2. The van der Waals surface area contributed by atoms with E-state index in [9.17, 15) is 9.59 Å². The van der Waals surface area contributed by atoms with Gasteiger partial charge in [0.05, 0.1) is 5.57 Å². The van der Waals surface area contributed by atoms with Gasteiger partial charge in [-0.15, -0.1) is 5.73 Å². The maximum Gasteiger partial charge on any atom is 0.202 e. The molecule has 0 saturated heterocycles. The Kier molecular flexibility index (Phi) is 1.44. The highest BCUT2D eigenvalue weighted by molar-refractivity contribution is 6.31. The van der Waals surface area contributed by atoms with Crippen LogP contribution in [0.5, 0.6) is 0 Å². The normalized spacial score (nSPS) is 17.1. The first kappa shape index (κ1) is 8.16. The fourth-order valence-corrected chi connectivity index (χ4v) is 1.91. The summed E-state index contributed by atoms with van der Waals surface area (Å²) in [5.74, 6) is -0.188. The first-order chi connectivity index (χ1) is 7.29. The number of ketones is 2. The van der Waals surface area contributed by atoms with Gasteiger partial charge in [0.15, 0.2) is 5.78 Å². The molecule has 0 radical (unpaired) electrons. The van der Waals surface area contributed by atoms with Gasteiger partial charge in [-0.1, -0.05) is 24.3 Å². The summed E-state index contributed by atoms with van der Waals surface area (Å²) in [5, 5.41) is 0. The van der Waals surface area contributed by atoms with E-state index in [1.54, 1.807) is 36.4 Å². The quantitative estimate of drug-likeness (QED) is 0.592. The topological polar surface area (TPSA) is 34.1 Å². The molecular formula is C13H6O2. The molecule has 2 aliphatic carbocycles. The molecule has 2 heteroatoms. The number of carbonyl (C=O) groups is 2. The minimum absolute atomic E-state index is 0.0820. The molecule has 2 nitrogen and oxygen atoms in total. The average molecular weight is 194 g/mol. The van der Waals surface area contributed by atoms with Crippen molar-refractivity contribution in [3.63, 3.8) is 0 Å². The van der Waals surface area contributed by atoms with Crippen LogP contribution in [0.25, 0.3) is 0 Å². The summed E-state index contributed by atoms with van der Waals surface area (Å²) in [6.07, 6.45) is 3.26. The van der Waals surface area contributed by atoms with Crippen LogP contribution in [-0.2, 0) is 0 Å². The average Bonchev–Trinajstić information content (AvgIpc) is 2.75. The molecule has 0 aromatic heterocycles. The first-order valence-corrected chi connectivity index (χ1v) is 4.65. The van der Waals surface area contributed by atoms with Crippen molar-refractivity contribution in [1.82, 2.24) is 0 Å². The Labute approximate surface area is 86.2 Å². The van der Waals surface area contributed by atoms with Crippen LogP contribution in [0.4, 0.5) is 0 Å². The van der Waals surface area contributed by atoms with E-state index in [0.717, 1.165) is 0 Å². The highest BCUT2D eigenvalue weighted by Gasteiger charge is 2.32. The highest BCUT2D eigenvalue weighted by Crippen LogP contribution is 2.30. The molecule has 0 spiro atoms. The monoisotopic (exact) mass is 194 g/mol. The lowest BCUT2D eigenvalue weighted by Gasteiger charge is -2.15. The number of fused-ring (bicyclic) bond motifs is 2. The van der Waals surface area contributed by atoms with Crippen LogP contribution in [0.1, 0.15) is 20.7 Å². The maximum atomic E-state index is 11.9. The second kappa shape index (κ2) is 2.66. The molecule has 0 saturated carbocycles. The Morgan fingerprint density at radius 3 is 2.33 bits per heavy atom. The van der Waals surface area contributed by atoms with Crippen molar-refractivity contribution in [2.75, 3.05) is 0 Å². The fourth-order valence-electron chi connectivity index (χ4n) is 1.91. The number of hydrogen-bond donors (Lipinski definition) is 0. The molecule has 2 aliphatic rings. The van der Waals surface area contributed by atoms with Crippen LogP contribution < -0.4 is 0 Å². The van der Waals surface area contributed by atoms with E-state index >= 15 is 0 Å². The van der Waals surface area contributed by atoms with Gasteiger partial charge in [-0.25, -0.2) is 0 Å². The molecule has 0 fully saturated rings. The summed E-state index contributed by atoms with van der Waals surface area (Å²) in [6.45, 7) is 0. The Morgan fingerprint density at radius 2 is 1.60 bits per heavy atom. The molecule has 0 unspecified atom stereocenters. The summed E-state index contributed by atoms with van der Waals surface area (Å²) < 4.78 is 0. The third kappa shape index (κ3) is 0.940. The molecule has 0 amide bonds. The standard InChI is InChI=1S/C13H6O2/c14-12-8-4-1-2-5-9(8)13(15)11-7-3-6-10(11)12/h1-6H. The molecule has 0 aliphatic heterocycles. The van der Waals surface area contributed by atoms with Gasteiger partial charge >= 0.3 is 0 Å². The van der Waals surface area contributed by atoms with E-state index in [1.807, 2.05) is 0 Å². The number of rotatable bonds is 0. The highest BCUT2D eigenvalue weighted by atomic mass is 16.1. The minimum Gasteiger partial charge on any atom is -0.289 e. The van der Waals surface area contributed by atoms with Crippen molar-refractivity contribution in [2.45, 2.75) is 0 Å². The predicted molar refractivity (Wildman–Crippen MR) is 54.8 cm³/mol. The lowest BCUT2D eigenvalue weighted by Crippen LogP contribution is -2.21. The summed E-state index contributed by atoms with van der Waals surface area (Å²) in [5.41, 5.74) is 4.66. The molecule has 0 N–H and O–H groups in total. The van der Waals surface area contributed by atoms with Crippen molar-refractivity contribution in [1.29, 1.82) is 0 Å². The second-order valence-corrected chi connectivity index (χ2v) is 3.47. The van der Waals surface area contributed by atoms with E-state index in [1.165, 1.54) is 0 Å². The van der Waals surface area contributed by atoms with Crippen LogP contribution in [0.3, 0.4) is 0 Å². The van der Waals surface area contributed by atoms with Crippen molar-refractivity contribution >= 4 is 11.6 Å². The Bertz CT molecular complexity index is 597. The number of benzene rings is 1. The predicted octanol–water partition coefficient (Wildman–Crippen LogP) is 2.09. The summed E-state index contributed by atoms with van der Waals surface area (Å²) in [6, 6.07) is 6.89. The molecule has 0 heterocycles. The summed E-state index contributed by atoms with van der Waals surface area (Å²) in [7, 11) is 0. The molecule has 15 heavy (non-hydrogen) atoms. The number of Topliss-reactive ketones (excluding diaryl/α,β-unsaturated/α-hetero) is 2. The van der Waals surface area contributed by atoms with Gasteiger partial charge in [-0.05, 0) is 12.2 Å². The smallest absolute Gasteiger partial charge is 0.202 e. The van der Waals surface area contributed by atoms with Gasteiger partial charge in [0, 0.05) is 16.7 Å². The van der Waals surface area contributed by atoms with Crippen LogP contribution in [0.15, 0.2) is 53.3 Å². The largest absolute Gasteiger partial charge is 0.289 e. The minimum atomic E-state index is -0.106. The molecule has 1 aromatic carbocycles. The van der Waals surface area contributed by atoms with Gasteiger partial charge in [0.1, 0.15) is 0 Å². The third-order valence-electron chi connectivity index (χ3n) is 2.64. The first-order valence-electron chi connectivity index (χ1n) is 4.65. The van der Waals surface area contributed by atoms with Crippen LogP contribution in [0, 0.1) is 0 Å². The summed E-state index contributed by atoms with van der Waals surface area (Å²) >= 11 is 0. The third-order valence-corrected chi connectivity index (χ3v) is 2.64. The molecule has 70 valence electrons. The summed E-state index contributed by atoms with van der Waals surface area (Å²) in [4.78, 5) is 23.9. The Morgan fingerprint density at radius 1 is 0.933 bits per heavy atom. The zero-order valence-electron chi connectivity index (χ0n) is 7.78. The maximum absolute atomic E-state index is 11.9. The van der Waals surface area contributed by atoms with E-state index in [-0.39, 0.29) is 11.6 Å². The van der Waals surface area contributed by atoms with Gasteiger partial charge < -0.3 is 0 Å². The van der Waals surface area contributed by atoms with Crippen molar-refractivity contribution in [3.8, 4) is 0 Å². The molecular weight excluding hydrogens is 188 g/mol. The van der Waals surface area contributed by atoms with Crippen molar-refractivity contribution in [3.05, 3.63) is 64.4 Å². The molecule has 0 bridgehead atoms. The van der Waals surface area contributed by atoms with Crippen molar-refractivity contribution < 1.29 is 9.59 Å². The molecule has 1 aromatic rings. The lowest BCUT2D eigenvalue weighted by atomic mass is 9.84. The fraction of sp³-hybridized carbons (Fsp3) is 0. The zero-order chi connectivity index (χ0) is 10.4. The zero-order valence-corrected chi connectivity index (χ0v) is 7.78. The van der Waals surface area contributed by atoms with E-state index in [4.69, 9.17) is 0 Å². The van der Waals surface area contributed by atoms with Gasteiger partial charge in [-0.3, -0.25) is 9.59 Å². The van der Waals surface area contributed by atoms with E-state index in [2.05, 4.69) is 5.73 Å². The Hall–Kier alpha value is -2.18. The Balaban J connectivity index is 2.36. The van der Waals surface area contributed by atoms with Gasteiger partial charge in [0.25, 0.3) is 0 Å². The van der Waals surface area contributed by atoms with Crippen LogP contribution in [-0.4, -0.2) is 11.6 Å². The SMILES string of the molecule is O=C1C2=C=CC=C2C(=O)c2ccccc21. The van der Waals surface area contributed by atoms with E-state index in [0.29, 0.717) is 22.3 Å². The second-order valence-electron chi connectivity index (χ2n) is 3.47.